The first-order valence-electron chi connectivity index (χ1n) is 8.14. The average Bonchev–Trinajstić information content (AvgIpc) is 3.08. The Balaban J connectivity index is 2.04. The Labute approximate surface area is 152 Å². The number of aromatic nitrogens is 1. The van der Waals surface area contributed by atoms with Crippen LogP contribution in [-0.4, -0.2) is 43.1 Å². The minimum Gasteiger partial charge on any atom is -0.497 e. The minimum absolute atomic E-state index is 0.111. The van der Waals surface area contributed by atoms with Crippen LogP contribution < -0.4 is 14.8 Å². The van der Waals surface area contributed by atoms with E-state index in [4.69, 9.17) is 9.47 Å². The van der Waals surface area contributed by atoms with Crippen molar-refractivity contribution in [2.75, 3.05) is 26.6 Å². The van der Waals surface area contributed by atoms with Crippen LogP contribution in [0.3, 0.4) is 0 Å². The topological polar surface area (TPSA) is 63.7 Å². The molecular weight excluding hydrogens is 338 g/mol. The molecule has 1 amide bonds. The van der Waals surface area contributed by atoms with Crippen LogP contribution in [0.1, 0.15) is 24.5 Å². The van der Waals surface area contributed by atoms with Crippen LogP contribution in [0.5, 0.6) is 11.5 Å². The molecule has 0 aliphatic carbocycles. The van der Waals surface area contributed by atoms with E-state index in [-0.39, 0.29) is 11.9 Å². The lowest BCUT2D eigenvalue weighted by atomic mass is 10.2. The fraction of sp³-hybridized carbons (Fsp3) is 0.444. The number of carbonyl (C=O) groups excluding carboxylic acids is 1. The van der Waals surface area contributed by atoms with E-state index in [0.717, 1.165) is 17.1 Å². The van der Waals surface area contributed by atoms with Crippen molar-refractivity contribution in [2.24, 2.45) is 0 Å². The molecule has 6 nitrogen and oxygen atoms in total. The minimum atomic E-state index is -0.317. The van der Waals surface area contributed by atoms with Gasteiger partial charge in [0.1, 0.15) is 11.5 Å². The molecule has 1 atom stereocenters. The molecule has 7 heteroatoms. The Bertz CT molecular complexity index is 717. The zero-order chi connectivity index (χ0) is 18.4. The lowest BCUT2D eigenvalue weighted by molar-refractivity contribution is -0.120. The molecule has 0 fully saturated rings. The van der Waals surface area contributed by atoms with Crippen molar-refractivity contribution in [2.45, 2.75) is 32.9 Å². The molecule has 0 radical (unpaired) electrons. The summed E-state index contributed by atoms with van der Waals surface area (Å²) in [5.41, 5.74) is 1.58. The van der Waals surface area contributed by atoms with Crippen molar-refractivity contribution in [1.82, 2.24) is 9.88 Å². The number of nitrogens with zero attached hydrogens (tertiary/aromatic N) is 2. The Morgan fingerprint density at radius 2 is 2.12 bits per heavy atom. The van der Waals surface area contributed by atoms with Crippen molar-refractivity contribution < 1.29 is 14.3 Å². The summed E-state index contributed by atoms with van der Waals surface area (Å²) in [6.45, 7) is 4.58. The SMILES string of the molecule is CCc1nc(CN(C)C(C)C(=O)Nc2cc(OC)ccc2OC)cs1. The zero-order valence-electron chi connectivity index (χ0n) is 15.3. The van der Waals surface area contributed by atoms with Gasteiger partial charge in [0.15, 0.2) is 0 Å². The Hall–Kier alpha value is -2.12. The molecule has 0 aliphatic rings. The largest absolute Gasteiger partial charge is 0.497 e. The smallest absolute Gasteiger partial charge is 0.241 e. The number of ether oxygens (including phenoxy) is 2. The molecule has 1 heterocycles. The quantitative estimate of drug-likeness (QED) is 0.780. The predicted octanol–water partition coefficient (Wildman–Crippen LogP) is 3.18. The number of thiazole rings is 1. The lowest BCUT2D eigenvalue weighted by Gasteiger charge is -2.23. The fourth-order valence-corrected chi connectivity index (χ4v) is 3.06. The Morgan fingerprint density at radius 1 is 1.36 bits per heavy atom. The third kappa shape index (κ3) is 4.93. The first-order valence-corrected chi connectivity index (χ1v) is 9.02. The van der Waals surface area contributed by atoms with Gasteiger partial charge < -0.3 is 14.8 Å². The van der Waals surface area contributed by atoms with Gasteiger partial charge >= 0.3 is 0 Å². The number of hydrogen-bond donors (Lipinski definition) is 1. The maximum Gasteiger partial charge on any atom is 0.241 e. The van der Waals surface area contributed by atoms with Gasteiger partial charge in [0.25, 0.3) is 0 Å². The van der Waals surface area contributed by atoms with Gasteiger partial charge in [-0.1, -0.05) is 6.92 Å². The maximum absolute atomic E-state index is 12.6. The van der Waals surface area contributed by atoms with E-state index in [9.17, 15) is 4.79 Å². The molecule has 1 N–H and O–H groups in total. The average molecular weight is 363 g/mol. The second-order valence-corrected chi connectivity index (χ2v) is 6.68. The number of carbonyl (C=O) groups is 1. The van der Waals surface area contributed by atoms with Gasteiger partial charge in [-0.05, 0) is 32.5 Å². The van der Waals surface area contributed by atoms with Gasteiger partial charge in [0.05, 0.1) is 36.7 Å². The standard InChI is InChI=1S/C18H25N3O3S/c1-6-17-19-13(11-25-17)10-21(3)12(2)18(22)20-15-9-14(23-4)7-8-16(15)24-5/h7-9,11-12H,6,10H2,1-5H3,(H,20,22). The highest BCUT2D eigenvalue weighted by atomic mass is 32.1. The van der Waals surface area contributed by atoms with Crippen molar-refractivity contribution in [3.05, 3.63) is 34.3 Å². The molecule has 1 aromatic carbocycles. The van der Waals surface area contributed by atoms with E-state index in [1.807, 2.05) is 24.3 Å². The highest BCUT2D eigenvalue weighted by Crippen LogP contribution is 2.29. The zero-order valence-corrected chi connectivity index (χ0v) is 16.1. The first-order chi connectivity index (χ1) is 12.0. The van der Waals surface area contributed by atoms with Crippen LogP contribution in [-0.2, 0) is 17.8 Å². The first kappa shape index (κ1) is 19.2. The van der Waals surface area contributed by atoms with E-state index in [2.05, 4.69) is 17.2 Å². The van der Waals surface area contributed by atoms with E-state index in [1.54, 1.807) is 43.8 Å². The summed E-state index contributed by atoms with van der Waals surface area (Å²) in [7, 11) is 5.07. The molecule has 25 heavy (non-hydrogen) atoms. The molecular formula is C18H25N3O3S. The van der Waals surface area contributed by atoms with E-state index in [0.29, 0.717) is 23.7 Å². The number of nitrogens with one attached hydrogen (secondary N) is 1. The summed E-state index contributed by atoms with van der Waals surface area (Å²) in [4.78, 5) is 19.1. The molecule has 0 bridgehead atoms. The van der Waals surface area contributed by atoms with Gasteiger partial charge in [-0.3, -0.25) is 9.69 Å². The van der Waals surface area contributed by atoms with Crippen LogP contribution in [0.2, 0.25) is 0 Å². The second-order valence-electron chi connectivity index (χ2n) is 5.73. The maximum atomic E-state index is 12.6. The molecule has 0 spiro atoms. The van der Waals surface area contributed by atoms with Crippen molar-refractivity contribution in [3.63, 3.8) is 0 Å². The van der Waals surface area contributed by atoms with Crippen LogP contribution in [0.15, 0.2) is 23.6 Å². The van der Waals surface area contributed by atoms with Gasteiger partial charge in [0.2, 0.25) is 5.91 Å². The fourth-order valence-electron chi connectivity index (χ4n) is 2.33. The van der Waals surface area contributed by atoms with Crippen molar-refractivity contribution in [1.29, 1.82) is 0 Å². The lowest BCUT2D eigenvalue weighted by Crippen LogP contribution is -2.39. The van der Waals surface area contributed by atoms with Crippen LogP contribution in [0.25, 0.3) is 0 Å². The summed E-state index contributed by atoms with van der Waals surface area (Å²) in [6, 6.07) is 4.99. The number of anilines is 1. The molecule has 0 saturated heterocycles. The third-order valence-electron chi connectivity index (χ3n) is 4.02. The van der Waals surface area contributed by atoms with Crippen LogP contribution in [0.4, 0.5) is 5.69 Å². The molecule has 0 aliphatic heterocycles. The van der Waals surface area contributed by atoms with Gasteiger partial charge in [-0.25, -0.2) is 4.98 Å². The van der Waals surface area contributed by atoms with Gasteiger partial charge in [-0.15, -0.1) is 11.3 Å². The molecule has 0 saturated carbocycles. The third-order valence-corrected chi connectivity index (χ3v) is 5.06. The van der Waals surface area contributed by atoms with Crippen molar-refractivity contribution in [3.8, 4) is 11.5 Å². The van der Waals surface area contributed by atoms with E-state index >= 15 is 0 Å². The number of amides is 1. The number of methoxy groups -OCH3 is 2. The number of benzene rings is 1. The number of likely N-dealkylation sites (N-methyl/N-ethyl adjacent to an activating group) is 1. The molecule has 1 aromatic heterocycles. The summed E-state index contributed by atoms with van der Waals surface area (Å²) in [5.74, 6) is 1.14. The number of aryl methyl sites for hydroxylation is 1. The molecule has 1 unspecified atom stereocenters. The number of hydrogen-bond acceptors (Lipinski definition) is 6. The highest BCUT2D eigenvalue weighted by molar-refractivity contribution is 7.09. The van der Waals surface area contributed by atoms with Gasteiger partial charge in [-0.2, -0.15) is 0 Å². The highest BCUT2D eigenvalue weighted by Gasteiger charge is 2.20. The summed E-state index contributed by atoms with van der Waals surface area (Å²) >= 11 is 1.65. The summed E-state index contributed by atoms with van der Waals surface area (Å²) in [6.07, 6.45) is 0.931. The summed E-state index contributed by atoms with van der Waals surface area (Å²) < 4.78 is 10.5. The van der Waals surface area contributed by atoms with E-state index < -0.39 is 0 Å². The van der Waals surface area contributed by atoms with Crippen LogP contribution >= 0.6 is 11.3 Å². The Morgan fingerprint density at radius 3 is 2.72 bits per heavy atom. The normalized spacial score (nSPS) is 12.1. The number of rotatable bonds is 8. The second kappa shape index (κ2) is 8.82. The monoisotopic (exact) mass is 363 g/mol. The van der Waals surface area contributed by atoms with E-state index in [1.165, 1.54) is 0 Å². The predicted molar refractivity (Wildman–Crippen MR) is 101 cm³/mol. The Kier molecular flexibility index (Phi) is 6.78. The van der Waals surface area contributed by atoms with Crippen molar-refractivity contribution >= 4 is 22.9 Å². The molecule has 2 rings (SSSR count). The van der Waals surface area contributed by atoms with Crippen LogP contribution in [0, 0.1) is 0 Å². The summed E-state index contributed by atoms with van der Waals surface area (Å²) in [5, 5.41) is 6.07. The molecule has 2 aromatic rings. The van der Waals surface area contributed by atoms with Gasteiger partial charge in [0, 0.05) is 18.0 Å². The molecule has 136 valence electrons.